The topological polar surface area (TPSA) is 251 Å². The number of aryl methyl sites for hydroxylation is 12. The molecule has 0 aliphatic heterocycles. The molecule has 0 saturated carbocycles. The van der Waals surface area contributed by atoms with Crippen LogP contribution in [0.5, 0.6) is 34.5 Å². The standard InChI is InChI=1S/C21H27NO3.C18H20BrNO3.C18H20ClNO3.C18H18F3NO2S.C18H19F2NO2S.C18H20FNO3/c1-6-24-21(23)22-19-9-8-17(14(2)3)12-18(19)13-25-20-10-7-15(4)11-16(20)5;2*1-4-22-18(21)20-16-7-6-15(19)10-14(16)11-23-17-8-5-12(2)9-13(17)3;1-11-7-8-15(12(2)9-11)24-10-13-5-4-6-14(18(19,20)21)16(13)22-17(25)23-3;1-11-7-8-15(12(2)9-11)23-10-13-5-4-6-14(17(19)20)16(13)21-18(24)22-3;1-4-22-18(21)20-16-7-6-15(19)10-14(16)11-23-17-8-5-12(2)9-13(17)3/h7-12,14H,6,13H2,1-5H3,(H,22,23);2*5-10H,4,11H2,1-3H3,(H,20,21);4-9H,10H2,1-3H3,(H,22,25);4-9,17H,10H2,1-3H3,(H,21,24);5-10H,4,11H2,1-3H3,(H,20,21). The van der Waals surface area contributed by atoms with Crippen molar-refractivity contribution in [2.45, 2.75) is 183 Å². The summed E-state index contributed by atoms with van der Waals surface area (Å²) >= 11 is 19.3. The van der Waals surface area contributed by atoms with E-state index < -0.39 is 48.4 Å². The van der Waals surface area contributed by atoms with Crippen LogP contribution in [0.25, 0.3) is 0 Å². The quantitative estimate of drug-likeness (QED) is 0.0139. The highest BCUT2D eigenvalue weighted by atomic mass is 79.9. The number of hydrogen-bond acceptors (Lipinski definition) is 18. The molecule has 12 rings (SSSR count). The number of ether oxygens (including phenoxy) is 12. The van der Waals surface area contributed by atoms with Gasteiger partial charge in [0.25, 0.3) is 16.8 Å². The van der Waals surface area contributed by atoms with Gasteiger partial charge in [0, 0.05) is 48.4 Å². The summed E-state index contributed by atoms with van der Waals surface area (Å²) in [6.45, 7) is 37.7. The monoisotopic (exact) mass is 2090 g/mol. The molecule has 762 valence electrons. The van der Waals surface area contributed by atoms with E-state index in [4.69, 9.17) is 92.9 Å². The maximum Gasteiger partial charge on any atom is 0.418 e. The molecule has 32 heteroatoms. The number of hydrogen-bond donors (Lipinski definition) is 6. The molecule has 0 aliphatic carbocycles. The fourth-order valence-electron chi connectivity index (χ4n) is 13.9. The summed E-state index contributed by atoms with van der Waals surface area (Å²) < 4.78 is 145. The number of para-hydroxylation sites is 2. The molecular formula is C111H124BrClF6N6O16S2. The van der Waals surface area contributed by atoms with Crippen molar-refractivity contribution in [3.8, 4) is 34.5 Å². The number of carbonyl (C=O) groups excluding carboxylic acids is 4. The fraction of sp³-hybridized carbons (Fsp3) is 0.297. The van der Waals surface area contributed by atoms with Crippen LogP contribution in [0, 0.1) is 88.9 Å². The molecule has 12 aromatic rings. The first-order valence-electron chi connectivity index (χ1n) is 45.7. The molecule has 0 radical (unpaired) electrons. The van der Waals surface area contributed by atoms with E-state index in [0.717, 1.165) is 100 Å². The van der Waals surface area contributed by atoms with Crippen LogP contribution >= 0.6 is 52.0 Å². The Balaban J connectivity index is 0.000000233. The highest BCUT2D eigenvalue weighted by Crippen LogP contribution is 2.39. The lowest BCUT2D eigenvalue weighted by Crippen LogP contribution is -2.18. The number of halogens is 8. The van der Waals surface area contributed by atoms with Crippen molar-refractivity contribution in [3.05, 3.63) is 351 Å². The predicted molar refractivity (Wildman–Crippen MR) is 566 cm³/mol. The van der Waals surface area contributed by atoms with Crippen molar-refractivity contribution in [3.63, 3.8) is 0 Å². The number of rotatable bonds is 30. The zero-order valence-corrected chi connectivity index (χ0v) is 87.9. The predicted octanol–water partition coefficient (Wildman–Crippen LogP) is 30.9. The van der Waals surface area contributed by atoms with E-state index in [9.17, 15) is 45.5 Å². The molecule has 0 saturated heterocycles. The third-order valence-corrected chi connectivity index (χ3v) is 22.3. The van der Waals surface area contributed by atoms with Gasteiger partial charge < -0.3 is 67.5 Å². The summed E-state index contributed by atoms with van der Waals surface area (Å²) in [4.78, 5) is 46.6. The van der Waals surface area contributed by atoms with Crippen LogP contribution in [0.3, 0.4) is 0 Å². The maximum absolute atomic E-state index is 13.5. The molecule has 0 aliphatic rings. The average Bonchev–Trinajstić information content (AvgIpc) is 0.807. The number of carbonyl (C=O) groups is 4. The van der Waals surface area contributed by atoms with Crippen molar-refractivity contribution in [1.82, 2.24) is 0 Å². The molecule has 0 spiro atoms. The zero-order valence-electron chi connectivity index (χ0n) is 83.9. The number of amides is 4. The van der Waals surface area contributed by atoms with E-state index >= 15 is 0 Å². The Morgan fingerprint density at radius 1 is 0.357 bits per heavy atom. The Bertz CT molecular complexity index is 6010. The third kappa shape index (κ3) is 39.2. The van der Waals surface area contributed by atoms with Crippen LogP contribution in [0.2, 0.25) is 5.02 Å². The van der Waals surface area contributed by atoms with Crippen LogP contribution in [0.15, 0.2) is 223 Å². The maximum atomic E-state index is 13.5. The van der Waals surface area contributed by atoms with Gasteiger partial charge in [-0.2, -0.15) is 13.2 Å². The second kappa shape index (κ2) is 58.6. The summed E-state index contributed by atoms with van der Waals surface area (Å²) in [5, 5.41) is 16.5. The van der Waals surface area contributed by atoms with Gasteiger partial charge in [-0.15, -0.1) is 0 Å². The summed E-state index contributed by atoms with van der Waals surface area (Å²) in [7, 11) is 2.67. The molecule has 4 amide bonds. The number of methoxy groups -OCH3 is 2. The third-order valence-electron chi connectivity index (χ3n) is 21.0. The number of alkyl halides is 5. The Kier molecular flexibility index (Phi) is 47.6. The second-order valence-electron chi connectivity index (χ2n) is 33.0. The second-order valence-corrected chi connectivity index (χ2v) is 35.0. The molecule has 22 nitrogen and oxygen atoms in total. The van der Waals surface area contributed by atoms with E-state index in [2.05, 4.69) is 92.9 Å². The van der Waals surface area contributed by atoms with Gasteiger partial charge >= 0.3 is 30.5 Å². The van der Waals surface area contributed by atoms with Crippen LogP contribution < -0.4 is 60.3 Å². The number of anilines is 6. The Labute approximate surface area is 858 Å². The van der Waals surface area contributed by atoms with Crippen LogP contribution in [0.1, 0.15) is 171 Å². The minimum atomic E-state index is -4.53. The average molecular weight is 2090 g/mol. The van der Waals surface area contributed by atoms with E-state index in [-0.39, 0.29) is 53.7 Å². The molecule has 12 aromatic carbocycles. The Morgan fingerprint density at radius 3 is 0.972 bits per heavy atom. The van der Waals surface area contributed by atoms with Gasteiger partial charge in [-0.05, 0) is 283 Å². The molecule has 0 bridgehead atoms. The van der Waals surface area contributed by atoms with Crippen molar-refractivity contribution >= 4 is 121 Å². The first kappa shape index (κ1) is 116. The molecule has 0 atom stereocenters. The Hall–Kier alpha value is -13.8. The lowest BCUT2D eigenvalue weighted by Gasteiger charge is -2.19. The van der Waals surface area contributed by atoms with Gasteiger partial charge in [-0.25, -0.2) is 32.3 Å². The van der Waals surface area contributed by atoms with Crippen molar-refractivity contribution < 1.29 is 102 Å². The highest BCUT2D eigenvalue weighted by Gasteiger charge is 2.35. The molecule has 0 heterocycles. The van der Waals surface area contributed by atoms with Gasteiger partial charge in [-0.1, -0.05) is 190 Å². The summed E-state index contributed by atoms with van der Waals surface area (Å²) in [6, 6.07) is 64.9. The fourth-order valence-corrected chi connectivity index (χ4v) is 14.7. The number of thiocarbonyl (C=S) groups is 2. The molecule has 0 fully saturated rings. The van der Waals surface area contributed by atoms with Gasteiger partial charge in [0.1, 0.15) is 80.0 Å². The minimum absolute atomic E-state index is 0.0240. The summed E-state index contributed by atoms with van der Waals surface area (Å²) in [6.07, 6.45) is -9.15. The van der Waals surface area contributed by atoms with E-state index in [1.165, 1.54) is 66.8 Å². The first-order valence-corrected chi connectivity index (χ1v) is 47.7. The van der Waals surface area contributed by atoms with Crippen LogP contribution in [0.4, 0.5) is 79.6 Å². The van der Waals surface area contributed by atoms with Gasteiger partial charge in [0.2, 0.25) is 0 Å². The normalized spacial score (nSPS) is 10.5. The van der Waals surface area contributed by atoms with Crippen LogP contribution in [-0.4, -0.2) is 75.4 Å². The van der Waals surface area contributed by atoms with Gasteiger partial charge in [0.15, 0.2) is 0 Å². The number of benzene rings is 12. The van der Waals surface area contributed by atoms with E-state index in [0.29, 0.717) is 102 Å². The van der Waals surface area contributed by atoms with Crippen molar-refractivity contribution in [2.24, 2.45) is 0 Å². The highest BCUT2D eigenvalue weighted by molar-refractivity contribution is 9.10. The van der Waals surface area contributed by atoms with Crippen molar-refractivity contribution in [1.29, 1.82) is 0 Å². The zero-order chi connectivity index (χ0) is 105. The molecule has 0 unspecified atom stereocenters. The van der Waals surface area contributed by atoms with Crippen molar-refractivity contribution in [2.75, 3.05) is 72.5 Å². The lowest BCUT2D eigenvalue weighted by molar-refractivity contribution is -0.137. The molecule has 0 aromatic heterocycles. The van der Waals surface area contributed by atoms with Crippen LogP contribution in [-0.2, 0) is 74.2 Å². The van der Waals surface area contributed by atoms with E-state index in [1.54, 1.807) is 70.2 Å². The number of nitrogens with one attached hydrogen (secondary N) is 6. The SMILES string of the molecule is CCOC(=O)Nc1ccc(Br)cc1COc1ccc(C)cc1C.CCOC(=O)Nc1ccc(C(C)C)cc1COc1ccc(C)cc1C.CCOC(=O)Nc1ccc(Cl)cc1COc1ccc(C)cc1C.CCOC(=O)Nc1ccc(F)cc1COc1ccc(C)cc1C.COC(=S)Nc1c(COc2ccc(C)cc2C)cccc1C(F)(F)F.COC(=S)Nc1c(COc2ccc(C)cc2C)cccc1C(F)F. The molecule has 143 heavy (non-hydrogen) atoms. The molecule has 6 N–H and O–H groups in total. The molecular weight excluding hydrogens is 1970 g/mol. The first-order chi connectivity index (χ1) is 68.0. The Morgan fingerprint density at radius 2 is 0.650 bits per heavy atom. The summed E-state index contributed by atoms with van der Waals surface area (Å²) in [5.74, 6) is 4.54. The summed E-state index contributed by atoms with van der Waals surface area (Å²) in [5.41, 5.74) is 19.9. The van der Waals surface area contributed by atoms with Gasteiger partial charge in [-0.3, -0.25) is 21.3 Å². The smallest absolute Gasteiger partial charge is 0.418 e. The lowest BCUT2D eigenvalue weighted by atomic mass is 10.00. The minimum Gasteiger partial charge on any atom is -0.489 e. The van der Waals surface area contributed by atoms with E-state index in [1.807, 2.05) is 191 Å². The largest absolute Gasteiger partial charge is 0.489 e. The van der Waals surface area contributed by atoms with Gasteiger partial charge in [0.05, 0.1) is 80.3 Å².